The van der Waals surface area contributed by atoms with Crippen LogP contribution >= 0.6 is 0 Å². The maximum atomic E-state index is 12.5. The van der Waals surface area contributed by atoms with Crippen LogP contribution in [0.5, 0.6) is 17.2 Å². The summed E-state index contributed by atoms with van der Waals surface area (Å²) in [5.41, 5.74) is 2.37. The van der Waals surface area contributed by atoms with E-state index in [4.69, 9.17) is 18.9 Å². The van der Waals surface area contributed by atoms with Crippen LogP contribution in [0.4, 0.5) is 5.69 Å². The van der Waals surface area contributed by atoms with Crippen LogP contribution in [0.2, 0.25) is 0 Å². The summed E-state index contributed by atoms with van der Waals surface area (Å²) in [6, 6.07) is 11.7. The van der Waals surface area contributed by atoms with E-state index in [-0.39, 0.29) is 5.97 Å². The number of hydrogen-bond acceptors (Lipinski definition) is 7. The van der Waals surface area contributed by atoms with E-state index in [1.807, 2.05) is 30.3 Å². The van der Waals surface area contributed by atoms with Gasteiger partial charge in [0.2, 0.25) is 0 Å². The molecule has 1 saturated heterocycles. The summed E-state index contributed by atoms with van der Waals surface area (Å²) in [6.45, 7) is 3.17. The molecule has 0 spiro atoms. The van der Waals surface area contributed by atoms with Gasteiger partial charge in [0.15, 0.2) is 17.7 Å². The van der Waals surface area contributed by atoms with Crippen molar-refractivity contribution in [1.29, 1.82) is 0 Å². The molecule has 0 N–H and O–H groups in total. The minimum atomic E-state index is -0.401. The lowest BCUT2D eigenvalue weighted by molar-refractivity contribution is -0.0251. The average Bonchev–Trinajstić information content (AvgIpc) is 3.09. The van der Waals surface area contributed by atoms with Crippen LogP contribution in [0, 0.1) is 0 Å². The molecule has 0 radical (unpaired) electrons. The predicted molar refractivity (Wildman–Crippen MR) is 104 cm³/mol. The molecule has 7 nitrogen and oxygen atoms in total. The highest BCUT2D eigenvalue weighted by atomic mass is 16.6. The number of fused-ring (bicyclic) bond motifs is 1. The Morgan fingerprint density at radius 2 is 1.61 bits per heavy atom. The van der Waals surface area contributed by atoms with Gasteiger partial charge in [-0.15, -0.1) is 0 Å². The van der Waals surface area contributed by atoms with Crippen LogP contribution in [0.15, 0.2) is 36.4 Å². The Morgan fingerprint density at radius 3 is 2.29 bits per heavy atom. The molecule has 0 bridgehead atoms. The second kappa shape index (κ2) is 7.59. The molecule has 0 saturated carbocycles. The van der Waals surface area contributed by atoms with Gasteiger partial charge in [0.1, 0.15) is 11.3 Å². The Kier molecular flexibility index (Phi) is 5.00. The lowest BCUT2D eigenvalue weighted by Crippen LogP contribution is -2.47. The molecule has 2 heterocycles. The van der Waals surface area contributed by atoms with Gasteiger partial charge < -0.3 is 23.8 Å². The van der Waals surface area contributed by atoms with Crippen molar-refractivity contribution in [1.82, 2.24) is 4.90 Å². The lowest BCUT2D eigenvalue weighted by Gasteiger charge is -2.38. The van der Waals surface area contributed by atoms with Gasteiger partial charge >= 0.3 is 5.97 Å². The van der Waals surface area contributed by atoms with E-state index in [0.717, 1.165) is 43.2 Å². The Labute approximate surface area is 164 Å². The van der Waals surface area contributed by atoms with Gasteiger partial charge in [0, 0.05) is 31.7 Å². The number of carbonyl (C=O) groups is 1. The fourth-order valence-electron chi connectivity index (χ4n) is 3.94. The van der Waals surface area contributed by atoms with Crippen LogP contribution in [0.1, 0.15) is 22.1 Å². The van der Waals surface area contributed by atoms with Crippen molar-refractivity contribution in [3.05, 3.63) is 47.5 Å². The normalized spacial score (nSPS) is 19.2. The summed E-state index contributed by atoms with van der Waals surface area (Å²) in [4.78, 5) is 17.0. The zero-order valence-electron chi connectivity index (χ0n) is 16.3. The molecule has 1 fully saturated rings. The summed E-state index contributed by atoms with van der Waals surface area (Å²) in [7, 11) is 4.77. The Balaban J connectivity index is 1.53. The van der Waals surface area contributed by atoms with Crippen molar-refractivity contribution in [2.45, 2.75) is 6.23 Å². The van der Waals surface area contributed by atoms with Crippen LogP contribution in [0.3, 0.4) is 0 Å². The molecule has 0 aromatic heterocycles. The summed E-state index contributed by atoms with van der Waals surface area (Å²) in [6.07, 6.45) is -0.401. The van der Waals surface area contributed by atoms with Gasteiger partial charge in [-0.1, -0.05) is 12.1 Å². The van der Waals surface area contributed by atoms with E-state index in [1.54, 1.807) is 14.2 Å². The number of ether oxygens (including phenoxy) is 4. The first-order valence-electron chi connectivity index (χ1n) is 9.25. The Hall–Kier alpha value is -2.93. The molecule has 1 atom stereocenters. The van der Waals surface area contributed by atoms with Crippen molar-refractivity contribution >= 4 is 11.7 Å². The summed E-state index contributed by atoms with van der Waals surface area (Å²) >= 11 is 0. The Bertz CT molecular complexity index is 877. The van der Waals surface area contributed by atoms with E-state index in [9.17, 15) is 4.79 Å². The number of methoxy groups -OCH3 is 3. The molecule has 2 aliphatic heterocycles. The second-order valence-electron chi connectivity index (χ2n) is 6.72. The molecule has 148 valence electrons. The first kappa shape index (κ1) is 18.4. The van der Waals surface area contributed by atoms with Gasteiger partial charge in [-0.3, -0.25) is 4.90 Å². The van der Waals surface area contributed by atoms with Crippen molar-refractivity contribution in [3.8, 4) is 17.2 Å². The number of anilines is 1. The van der Waals surface area contributed by atoms with Crippen molar-refractivity contribution in [2.24, 2.45) is 0 Å². The van der Waals surface area contributed by atoms with Crippen molar-refractivity contribution in [3.63, 3.8) is 0 Å². The minimum absolute atomic E-state index is 0.372. The maximum Gasteiger partial charge on any atom is 0.344 e. The zero-order chi connectivity index (χ0) is 19.7. The van der Waals surface area contributed by atoms with E-state index in [2.05, 4.69) is 15.9 Å². The van der Waals surface area contributed by atoms with Gasteiger partial charge in [-0.05, 0) is 24.3 Å². The second-order valence-corrected chi connectivity index (χ2v) is 6.72. The topological polar surface area (TPSA) is 60.5 Å². The molecule has 2 aliphatic rings. The van der Waals surface area contributed by atoms with E-state index in [1.165, 1.54) is 7.11 Å². The number of nitrogens with zero attached hydrogens (tertiary/aromatic N) is 2. The van der Waals surface area contributed by atoms with Gasteiger partial charge in [0.05, 0.1) is 27.0 Å². The number of carbonyl (C=O) groups excluding carboxylic acids is 1. The quantitative estimate of drug-likeness (QED) is 0.735. The predicted octanol–water partition coefficient (Wildman–Crippen LogP) is 2.70. The SMILES string of the molecule is COc1ccccc1N1CCN(C2OC(=O)c3c2ccc(OC)c3OC)CC1. The van der Waals surface area contributed by atoms with Crippen molar-refractivity contribution in [2.75, 3.05) is 52.4 Å². The fourth-order valence-corrected chi connectivity index (χ4v) is 3.94. The van der Waals surface area contributed by atoms with Gasteiger partial charge in [-0.2, -0.15) is 0 Å². The molecular weight excluding hydrogens is 360 g/mol. The van der Waals surface area contributed by atoms with E-state index >= 15 is 0 Å². The number of piperazine rings is 1. The monoisotopic (exact) mass is 384 g/mol. The number of para-hydroxylation sites is 2. The molecule has 4 rings (SSSR count). The summed E-state index contributed by atoms with van der Waals surface area (Å²) in [5.74, 6) is 1.45. The maximum absolute atomic E-state index is 12.5. The number of benzene rings is 2. The minimum Gasteiger partial charge on any atom is -0.495 e. The molecular formula is C21H24N2O5. The third kappa shape index (κ3) is 3.01. The number of cyclic esters (lactones) is 1. The first-order chi connectivity index (χ1) is 13.7. The molecule has 2 aromatic rings. The standard InChI is InChI=1S/C21H24N2O5/c1-25-16-7-5-4-6-15(16)22-10-12-23(13-11-22)20-14-8-9-17(26-2)19(27-3)18(14)21(24)28-20/h4-9,20H,10-13H2,1-3H3. The lowest BCUT2D eigenvalue weighted by atomic mass is 10.1. The summed E-state index contributed by atoms with van der Waals surface area (Å²) < 4.78 is 21.9. The van der Waals surface area contributed by atoms with E-state index in [0.29, 0.717) is 17.1 Å². The van der Waals surface area contributed by atoms with Crippen molar-refractivity contribution < 1.29 is 23.7 Å². The molecule has 0 amide bonds. The third-order valence-corrected chi connectivity index (χ3v) is 5.34. The smallest absolute Gasteiger partial charge is 0.344 e. The molecule has 1 unspecified atom stereocenters. The molecule has 7 heteroatoms. The van der Waals surface area contributed by atoms with Crippen LogP contribution in [0.25, 0.3) is 0 Å². The number of hydrogen-bond donors (Lipinski definition) is 0. The van der Waals surface area contributed by atoms with E-state index < -0.39 is 6.23 Å². The fraction of sp³-hybridized carbons (Fsp3) is 0.381. The third-order valence-electron chi connectivity index (χ3n) is 5.34. The highest BCUT2D eigenvalue weighted by Crippen LogP contribution is 2.43. The highest BCUT2D eigenvalue weighted by Gasteiger charge is 2.40. The molecule has 28 heavy (non-hydrogen) atoms. The van der Waals surface area contributed by atoms with Crippen LogP contribution in [-0.2, 0) is 4.74 Å². The van der Waals surface area contributed by atoms with Crippen LogP contribution < -0.4 is 19.1 Å². The Morgan fingerprint density at radius 1 is 0.893 bits per heavy atom. The largest absolute Gasteiger partial charge is 0.495 e. The molecule has 0 aliphatic carbocycles. The average molecular weight is 384 g/mol. The van der Waals surface area contributed by atoms with Gasteiger partial charge in [0.25, 0.3) is 0 Å². The summed E-state index contributed by atoms with van der Waals surface area (Å²) in [5, 5.41) is 0. The van der Waals surface area contributed by atoms with Crippen LogP contribution in [-0.4, -0.2) is 58.4 Å². The number of rotatable bonds is 5. The first-order valence-corrected chi connectivity index (χ1v) is 9.25. The highest BCUT2D eigenvalue weighted by molar-refractivity contribution is 5.98. The molecule has 2 aromatic carbocycles. The number of esters is 1. The van der Waals surface area contributed by atoms with Gasteiger partial charge in [-0.25, -0.2) is 4.79 Å². The zero-order valence-corrected chi connectivity index (χ0v) is 16.3.